The summed E-state index contributed by atoms with van der Waals surface area (Å²) >= 11 is 1.41. The predicted octanol–water partition coefficient (Wildman–Crippen LogP) is 5.05. The van der Waals surface area contributed by atoms with E-state index in [-0.39, 0.29) is 11.7 Å². The van der Waals surface area contributed by atoms with E-state index in [4.69, 9.17) is 0 Å². The van der Waals surface area contributed by atoms with E-state index < -0.39 is 0 Å². The number of fused-ring (bicyclic) bond motifs is 1. The summed E-state index contributed by atoms with van der Waals surface area (Å²) < 4.78 is 1.81. The number of benzene rings is 2. The molecule has 0 aliphatic heterocycles. The number of nitrogens with zero attached hydrogens (tertiary/aromatic N) is 3. The maximum absolute atomic E-state index is 12.4. The van der Waals surface area contributed by atoms with Crippen LogP contribution in [0.3, 0.4) is 0 Å². The van der Waals surface area contributed by atoms with E-state index in [0.717, 1.165) is 33.1 Å². The smallest absolute Gasteiger partial charge is 0.234 e. The van der Waals surface area contributed by atoms with E-state index in [1.165, 1.54) is 22.9 Å². The fourth-order valence-electron chi connectivity index (χ4n) is 3.02. The Labute approximate surface area is 174 Å². The van der Waals surface area contributed by atoms with E-state index in [1.54, 1.807) is 6.20 Å². The number of carbonyl (C=O) groups is 1. The standard InChI is InChI=1S/C23H22N4OS/c1-15-4-7-18(8-5-15)20-13-21-23(24-10-11-27(21)26-20)29-14-22(28)25-19-9-6-16(2)17(3)12-19/h4-13H,14H2,1-3H3,(H,25,28). The third-order valence-corrected chi connectivity index (χ3v) is 5.83. The Morgan fingerprint density at radius 2 is 1.83 bits per heavy atom. The molecule has 0 spiro atoms. The van der Waals surface area contributed by atoms with Crippen LogP contribution in [0, 0.1) is 20.8 Å². The van der Waals surface area contributed by atoms with Crippen molar-refractivity contribution in [3.05, 3.63) is 77.6 Å². The molecule has 4 aromatic rings. The third kappa shape index (κ3) is 4.32. The van der Waals surface area contributed by atoms with Crippen molar-refractivity contribution in [3.63, 3.8) is 0 Å². The molecule has 0 atom stereocenters. The fourth-order valence-corrected chi connectivity index (χ4v) is 3.80. The highest BCUT2D eigenvalue weighted by molar-refractivity contribution is 8.00. The molecule has 0 aliphatic carbocycles. The Morgan fingerprint density at radius 1 is 1.03 bits per heavy atom. The van der Waals surface area contributed by atoms with Gasteiger partial charge in [-0.15, -0.1) is 0 Å². The average Bonchev–Trinajstić information content (AvgIpc) is 3.14. The zero-order valence-corrected chi connectivity index (χ0v) is 17.5. The quantitative estimate of drug-likeness (QED) is 0.475. The van der Waals surface area contributed by atoms with Crippen LogP contribution in [0.25, 0.3) is 16.8 Å². The van der Waals surface area contributed by atoms with Gasteiger partial charge in [0.25, 0.3) is 0 Å². The van der Waals surface area contributed by atoms with Gasteiger partial charge < -0.3 is 5.32 Å². The summed E-state index contributed by atoms with van der Waals surface area (Å²) in [7, 11) is 0. The predicted molar refractivity (Wildman–Crippen MR) is 118 cm³/mol. The molecule has 146 valence electrons. The van der Waals surface area contributed by atoms with Gasteiger partial charge in [-0.05, 0) is 50.1 Å². The largest absolute Gasteiger partial charge is 0.325 e. The van der Waals surface area contributed by atoms with Crippen LogP contribution < -0.4 is 5.32 Å². The highest BCUT2D eigenvalue weighted by Crippen LogP contribution is 2.26. The number of carbonyl (C=O) groups excluding carboxylic acids is 1. The van der Waals surface area contributed by atoms with Gasteiger partial charge in [0.15, 0.2) is 0 Å². The average molecular weight is 403 g/mol. The van der Waals surface area contributed by atoms with E-state index in [1.807, 2.05) is 41.9 Å². The van der Waals surface area contributed by atoms with Crippen LogP contribution in [-0.2, 0) is 4.79 Å². The maximum atomic E-state index is 12.4. The molecule has 5 nitrogen and oxygen atoms in total. The van der Waals surface area contributed by atoms with E-state index in [0.29, 0.717) is 0 Å². The number of thioether (sulfide) groups is 1. The van der Waals surface area contributed by atoms with Gasteiger partial charge in [-0.1, -0.05) is 47.7 Å². The first-order valence-corrected chi connectivity index (χ1v) is 10.4. The molecule has 1 N–H and O–H groups in total. The molecular formula is C23H22N4OS. The van der Waals surface area contributed by atoms with Gasteiger partial charge in [0.1, 0.15) is 5.03 Å². The summed E-state index contributed by atoms with van der Waals surface area (Å²) in [5, 5.41) is 8.39. The molecule has 0 bridgehead atoms. The van der Waals surface area contributed by atoms with Crippen LogP contribution in [0.5, 0.6) is 0 Å². The molecule has 2 aromatic heterocycles. The van der Waals surface area contributed by atoms with Crippen molar-refractivity contribution in [2.45, 2.75) is 25.8 Å². The van der Waals surface area contributed by atoms with Crippen LogP contribution in [-0.4, -0.2) is 26.3 Å². The van der Waals surface area contributed by atoms with E-state index >= 15 is 0 Å². The van der Waals surface area contributed by atoms with Crippen molar-refractivity contribution in [2.24, 2.45) is 0 Å². The number of nitrogens with one attached hydrogen (secondary N) is 1. The third-order valence-electron chi connectivity index (χ3n) is 4.83. The number of rotatable bonds is 5. The lowest BCUT2D eigenvalue weighted by molar-refractivity contribution is -0.113. The Kier molecular flexibility index (Phi) is 5.36. The lowest BCUT2D eigenvalue weighted by Crippen LogP contribution is -2.14. The van der Waals surface area contributed by atoms with Gasteiger partial charge in [-0.3, -0.25) is 4.79 Å². The molecule has 2 heterocycles. The van der Waals surface area contributed by atoms with Crippen LogP contribution in [0.4, 0.5) is 5.69 Å². The van der Waals surface area contributed by atoms with Crippen LogP contribution in [0.15, 0.2) is 66.0 Å². The van der Waals surface area contributed by atoms with Crippen molar-refractivity contribution >= 4 is 28.9 Å². The number of amides is 1. The number of hydrogen-bond donors (Lipinski definition) is 1. The molecule has 0 saturated heterocycles. The second-order valence-corrected chi connectivity index (χ2v) is 8.06. The maximum Gasteiger partial charge on any atom is 0.234 e. The summed E-state index contributed by atoms with van der Waals surface area (Å²) in [6.07, 6.45) is 3.54. The molecule has 0 aliphatic rings. The number of aromatic nitrogens is 3. The molecule has 0 fully saturated rings. The molecule has 6 heteroatoms. The normalized spacial score (nSPS) is 11.0. The van der Waals surface area contributed by atoms with Gasteiger partial charge >= 0.3 is 0 Å². The minimum absolute atomic E-state index is 0.0553. The SMILES string of the molecule is Cc1ccc(-c2cc3c(SCC(=O)Nc4ccc(C)c(C)c4)nccn3n2)cc1. The summed E-state index contributed by atoms with van der Waals surface area (Å²) in [5.74, 6) is 0.227. The van der Waals surface area contributed by atoms with Crippen LogP contribution in [0.1, 0.15) is 16.7 Å². The first kappa shape index (κ1) is 19.2. The molecule has 0 saturated carbocycles. The van der Waals surface area contributed by atoms with Crippen molar-refractivity contribution in [3.8, 4) is 11.3 Å². The summed E-state index contributed by atoms with van der Waals surface area (Å²) in [6.45, 7) is 6.16. The Hall–Kier alpha value is -3.12. The molecule has 0 radical (unpaired) electrons. The highest BCUT2D eigenvalue weighted by atomic mass is 32.2. The van der Waals surface area contributed by atoms with Crippen LogP contribution >= 0.6 is 11.8 Å². The zero-order valence-electron chi connectivity index (χ0n) is 16.6. The molecule has 0 unspecified atom stereocenters. The molecular weight excluding hydrogens is 380 g/mol. The van der Waals surface area contributed by atoms with E-state index in [9.17, 15) is 4.79 Å². The van der Waals surface area contributed by atoms with Gasteiger partial charge in [0, 0.05) is 23.6 Å². The first-order valence-electron chi connectivity index (χ1n) is 9.41. The van der Waals surface area contributed by atoms with Crippen molar-refractivity contribution in [1.82, 2.24) is 14.6 Å². The highest BCUT2D eigenvalue weighted by Gasteiger charge is 2.12. The van der Waals surface area contributed by atoms with Gasteiger partial charge in [0.2, 0.25) is 5.91 Å². The Bertz CT molecular complexity index is 1180. The van der Waals surface area contributed by atoms with Gasteiger partial charge in [-0.25, -0.2) is 9.50 Å². The second kappa shape index (κ2) is 8.09. The summed E-state index contributed by atoms with van der Waals surface area (Å²) in [4.78, 5) is 16.8. The first-order chi connectivity index (χ1) is 14.0. The van der Waals surface area contributed by atoms with Crippen molar-refractivity contribution in [1.29, 1.82) is 0 Å². The minimum atomic E-state index is -0.0553. The molecule has 2 aromatic carbocycles. The number of aryl methyl sites for hydroxylation is 3. The minimum Gasteiger partial charge on any atom is -0.325 e. The number of anilines is 1. The van der Waals surface area contributed by atoms with Crippen molar-refractivity contribution in [2.75, 3.05) is 11.1 Å². The fraction of sp³-hybridized carbons (Fsp3) is 0.174. The topological polar surface area (TPSA) is 59.3 Å². The van der Waals surface area contributed by atoms with Gasteiger partial charge in [0.05, 0.1) is 17.0 Å². The zero-order chi connectivity index (χ0) is 20.4. The summed E-state index contributed by atoms with van der Waals surface area (Å²) in [5.41, 5.74) is 7.23. The van der Waals surface area contributed by atoms with Gasteiger partial charge in [-0.2, -0.15) is 5.10 Å². The number of hydrogen-bond acceptors (Lipinski definition) is 4. The lowest BCUT2D eigenvalue weighted by atomic mass is 10.1. The molecule has 29 heavy (non-hydrogen) atoms. The Morgan fingerprint density at radius 3 is 2.59 bits per heavy atom. The van der Waals surface area contributed by atoms with Crippen molar-refractivity contribution < 1.29 is 4.79 Å². The monoisotopic (exact) mass is 402 g/mol. The Balaban J connectivity index is 1.49. The molecule has 4 rings (SSSR count). The van der Waals surface area contributed by atoms with E-state index in [2.05, 4.69) is 53.5 Å². The second-order valence-electron chi connectivity index (χ2n) is 7.09. The van der Waals surface area contributed by atoms with Crippen LogP contribution in [0.2, 0.25) is 0 Å². The summed E-state index contributed by atoms with van der Waals surface area (Å²) in [6, 6.07) is 16.2. The molecule has 1 amide bonds. The lowest BCUT2D eigenvalue weighted by Gasteiger charge is -2.07.